The smallest absolute Gasteiger partial charge is 0.268 e. The first-order valence-corrected chi connectivity index (χ1v) is 13.8. The van der Waals surface area contributed by atoms with Gasteiger partial charge in [-0.2, -0.15) is 0 Å². The highest BCUT2D eigenvalue weighted by Gasteiger charge is 2.37. The van der Waals surface area contributed by atoms with Gasteiger partial charge < -0.3 is 5.32 Å². The van der Waals surface area contributed by atoms with Crippen LogP contribution in [0.25, 0.3) is 11.3 Å². The molecule has 0 aliphatic carbocycles. The molecule has 0 radical (unpaired) electrons. The maximum Gasteiger partial charge on any atom is 0.268 e. The number of benzene rings is 3. The predicted octanol–water partition coefficient (Wildman–Crippen LogP) is 5.55. The average molecular weight is 537 g/mol. The van der Waals surface area contributed by atoms with Crippen molar-refractivity contribution in [1.29, 1.82) is 0 Å². The molecular formula is C26H21ClN4O3S2. The van der Waals surface area contributed by atoms with Crippen LogP contribution in [0.15, 0.2) is 89.0 Å². The summed E-state index contributed by atoms with van der Waals surface area (Å²) >= 11 is 7.41. The second-order valence-corrected chi connectivity index (χ2v) is 11.4. The summed E-state index contributed by atoms with van der Waals surface area (Å²) in [7, 11) is -3.92. The van der Waals surface area contributed by atoms with Gasteiger partial charge in [-0.15, -0.1) is 0 Å². The third kappa shape index (κ3) is 4.95. The Morgan fingerprint density at radius 2 is 1.81 bits per heavy atom. The third-order valence-electron chi connectivity index (χ3n) is 5.62. The first kappa shape index (κ1) is 24.3. The SMILES string of the molecule is Cc1ccc(NC(=O)CSc2ncc3c(n2)-c2cc(Cl)ccc2N(Cc2ccccc2)S3(=O)=O)cc1. The number of nitrogens with one attached hydrogen (secondary N) is 1. The number of hydrogen-bond donors (Lipinski definition) is 1. The molecule has 5 rings (SSSR count). The highest BCUT2D eigenvalue weighted by atomic mass is 35.5. The molecule has 1 N–H and O–H groups in total. The summed E-state index contributed by atoms with van der Waals surface area (Å²) in [5.41, 5.74) is 4.00. The Hall–Kier alpha value is -3.40. The molecule has 1 aliphatic rings. The summed E-state index contributed by atoms with van der Waals surface area (Å²) in [4.78, 5) is 21.2. The van der Waals surface area contributed by atoms with Gasteiger partial charge in [0.25, 0.3) is 10.0 Å². The van der Waals surface area contributed by atoms with Crippen molar-refractivity contribution in [1.82, 2.24) is 9.97 Å². The molecule has 0 saturated carbocycles. The Balaban J connectivity index is 1.43. The number of anilines is 2. The van der Waals surface area contributed by atoms with Crippen LogP contribution in [0.3, 0.4) is 0 Å². The van der Waals surface area contributed by atoms with Crippen molar-refractivity contribution >= 4 is 50.7 Å². The van der Waals surface area contributed by atoms with E-state index in [1.165, 1.54) is 10.5 Å². The molecule has 1 amide bonds. The number of hydrogen-bond acceptors (Lipinski definition) is 6. The van der Waals surface area contributed by atoms with E-state index in [0.29, 0.717) is 27.1 Å². The fourth-order valence-electron chi connectivity index (χ4n) is 3.85. The van der Waals surface area contributed by atoms with Gasteiger partial charge in [0.1, 0.15) is 4.90 Å². The number of rotatable bonds is 6. The molecule has 182 valence electrons. The molecule has 0 bridgehead atoms. The van der Waals surface area contributed by atoms with E-state index in [4.69, 9.17) is 11.6 Å². The largest absolute Gasteiger partial charge is 0.325 e. The monoisotopic (exact) mass is 536 g/mol. The molecule has 2 heterocycles. The van der Waals surface area contributed by atoms with Gasteiger partial charge in [-0.1, -0.05) is 71.4 Å². The molecule has 1 aromatic heterocycles. The van der Waals surface area contributed by atoms with Crippen LogP contribution in [0.2, 0.25) is 5.02 Å². The minimum atomic E-state index is -3.92. The van der Waals surface area contributed by atoms with Crippen molar-refractivity contribution in [3.63, 3.8) is 0 Å². The molecule has 4 aromatic rings. The summed E-state index contributed by atoms with van der Waals surface area (Å²) in [6, 6.07) is 21.9. The van der Waals surface area contributed by atoms with Gasteiger partial charge in [0, 0.05) is 16.3 Å². The summed E-state index contributed by atoms with van der Waals surface area (Å²) in [5.74, 6) is -0.141. The van der Waals surface area contributed by atoms with Gasteiger partial charge >= 0.3 is 0 Å². The minimum absolute atomic E-state index is 0.00153. The van der Waals surface area contributed by atoms with Gasteiger partial charge in [0.05, 0.1) is 29.9 Å². The van der Waals surface area contributed by atoms with Gasteiger partial charge in [0.15, 0.2) is 5.16 Å². The number of aromatic nitrogens is 2. The maximum atomic E-state index is 13.6. The molecule has 1 aliphatic heterocycles. The number of halogens is 1. The van der Waals surface area contributed by atoms with Gasteiger partial charge in [-0.3, -0.25) is 9.10 Å². The van der Waals surface area contributed by atoms with E-state index in [2.05, 4.69) is 15.3 Å². The number of carbonyl (C=O) groups is 1. The first-order valence-electron chi connectivity index (χ1n) is 11.0. The van der Waals surface area contributed by atoms with Crippen LogP contribution in [-0.2, 0) is 21.4 Å². The second-order valence-electron chi connectivity index (χ2n) is 8.23. The van der Waals surface area contributed by atoms with Crippen LogP contribution < -0.4 is 9.62 Å². The van der Waals surface area contributed by atoms with Crippen molar-refractivity contribution in [2.75, 3.05) is 15.4 Å². The highest BCUT2D eigenvalue weighted by Crippen LogP contribution is 2.44. The van der Waals surface area contributed by atoms with Crippen LogP contribution in [0.5, 0.6) is 0 Å². The van der Waals surface area contributed by atoms with Crippen LogP contribution in [-0.4, -0.2) is 30.0 Å². The van der Waals surface area contributed by atoms with Crippen LogP contribution >= 0.6 is 23.4 Å². The zero-order valence-electron chi connectivity index (χ0n) is 19.2. The molecule has 3 aromatic carbocycles. The fraction of sp³-hybridized carbons (Fsp3) is 0.115. The molecule has 7 nitrogen and oxygen atoms in total. The van der Waals surface area contributed by atoms with Crippen molar-refractivity contribution in [2.45, 2.75) is 23.5 Å². The molecule has 0 unspecified atom stereocenters. The number of thioether (sulfide) groups is 1. The van der Waals surface area contributed by atoms with Gasteiger partial charge in [-0.25, -0.2) is 18.4 Å². The van der Waals surface area contributed by atoms with E-state index in [1.54, 1.807) is 18.2 Å². The summed E-state index contributed by atoms with van der Waals surface area (Å²) in [6.45, 7) is 2.13. The van der Waals surface area contributed by atoms with Gasteiger partial charge in [0.2, 0.25) is 5.91 Å². The number of carbonyl (C=O) groups excluding carboxylic acids is 1. The molecule has 0 atom stereocenters. The Kier molecular flexibility index (Phi) is 6.70. The number of amides is 1. The summed E-state index contributed by atoms with van der Waals surface area (Å²) in [5, 5.41) is 3.59. The van der Waals surface area contributed by atoms with Crippen molar-refractivity contribution in [3.8, 4) is 11.3 Å². The Morgan fingerprint density at radius 3 is 2.56 bits per heavy atom. The highest BCUT2D eigenvalue weighted by molar-refractivity contribution is 7.99. The fourth-order valence-corrected chi connectivity index (χ4v) is 6.20. The summed E-state index contributed by atoms with van der Waals surface area (Å²) < 4.78 is 28.6. The molecule has 10 heteroatoms. The lowest BCUT2D eigenvalue weighted by Crippen LogP contribution is -2.34. The number of aryl methyl sites for hydroxylation is 1. The molecule has 0 saturated heterocycles. The topological polar surface area (TPSA) is 92.3 Å². The van der Waals surface area contributed by atoms with E-state index >= 15 is 0 Å². The zero-order chi connectivity index (χ0) is 25.3. The normalized spacial score (nSPS) is 13.6. The van der Waals surface area contributed by atoms with Crippen LogP contribution in [0, 0.1) is 6.92 Å². The lowest BCUT2D eigenvalue weighted by molar-refractivity contribution is -0.113. The first-order chi connectivity index (χ1) is 17.3. The quantitative estimate of drug-likeness (QED) is 0.257. The second kappa shape index (κ2) is 9.93. The minimum Gasteiger partial charge on any atom is -0.325 e. The number of sulfonamides is 1. The van der Waals surface area contributed by atoms with Crippen molar-refractivity contribution < 1.29 is 13.2 Å². The lowest BCUT2D eigenvalue weighted by Gasteiger charge is -2.31. The van der Waals surface area contributed by atoms with Crippen LogP contribution in [0.1, 0.15) is 11.1 Å². The average Bonchev–Trinajstić information content (AvgIpc) is 2.87. The molecule has 0 fully saturated rings. The van der Waals surface area contributed by atoms with Gasteiger partial charge in [-0.05, 0) is 42.8 Å². The summed E-state index contributed by atoms with van der Waals surface area (Å²) in [6.07, 6.45) is 1.31. The van der Waals surface area contributed by atoms with E-state index < -0.39 is 10.0 Å². The molecule has 0 spiro atoms. The van der Waals surface area contributed by atoms with E-state index in [-0.39, 0.29) is 28.8 Å². The van der Waals surface area contributed by atoms with E-state index in [9.17, 15) is 13.2 Å². The van der Waals surface area contributed by atoms with Crippen molar-refractivity contribution in [2.24, 2.45) is 0 Å². The Bertz CT molecular complexity index is 1550. The Morgan fingerprint density at radius 1 is 1.06 bits per heavy atom. The maximum absolute atomic E-state index is 13.6. The lowest BCUT2D eigenvalue weighted by atomic mass is 10.1. The number of fused-ring (bicyclic) bond motifs is 3. The third-order valence-corrected chi connectivity index (χ3v) is 8.48. The predicted molar refractivity (Wildman–Crippen MR) is 143 cm³/mol. The van der Waals surface area contributed by atoms with E-state index in [0.717, 1.165) is 22.9 Å². The Labute approximate surface area is 218 Å². The van der Waals surface area contributed by atoms with Crippen molar-refractivity contribution in [3.05, 3.63) is 95.1 Å². The van der Waals surface area contributed by atoms with Crippen LogP contribution in [0.4, 0.5) is 11.4 Å². The standard InChI is InChI=1S/C26H21ClN4O3S2/c1-17-7-10-20(11-8-17)29-24(32)16-35-26-28-14-23-25(30-26)21-13-19(27)9-12-22(21)31(36(23,33)34)15-18-5-3-2-4-6-18/h2-14H,15-16H2,1H3,(H,29,32). The van der Waals surface area contributed by atoms with E-state index in [1.807, 2.05) is 61.5 Å². The molecule has 36 heavy (non-hydrogen) atoms. The molecular weight excluding hydrogens is 516 g/mol. The number of nitrogens with zero attached hydrogens (tertiary/aromatic N) is 3. The zero-order valence-corrected chi connectivity index (χ0v) is 21.6.